The van der Waals surface area contributed by atoms with Gasteiger partial charge < -0.3 is 10.8 Å². The van der Waals surface area contributed by atoms with Gasteiger partial charge in [-0.2, -0.15) is 5.10 Å². The minimum absolute atomic E-state index is 0.422. The van der Waals surface area contributed by atoms with Gasteiger partial charge in [0.2, 0.25) is 0 Å². The van der Waals surface area contributed by atoms with Crippen molar-refractivity contribution >= 4 is 5.69 Å². The van der Waals surface area contributed by atoms with Crippen molar-refractivity contribution in [3.63, 3.8) is 0 Å². The van der Waals surface area contributed by atoms with Gasteiger partial charge in [0.15, 0.2) is 0 Å². The Morgan fingerprint density at radius 3 is 2.63 bits per heavy atom. The minimum Gasteiger partial charge on any atom is -0.396 e. The number of hydrogen-bond donors (Lipinski definition) is 2. The number of anilines is 1. The number of aryl methyl sites for hydroxylation is 1. The van der Waals surface area contributed by atoms with Gasteiger partial charge in [-0.15, -0.1) is 0 Å². The van der Waals surface area contributed by atoms with Gasteiger partial charge in [0.05, 0.1) is 24.5 Å². The highest BCUT2D eigenvalue weighted by atomic mass is 16.3. The van der Waals surface area contributed by atoms with Crippen LogP contribution in [0.1, 0.15) is 37.0 Å². The van der Waals surface area contributed by atoms with Gasteiger partial charge in [0.1, 0.15) is 0 Å². The topological polar surface area (TPSA) is 64.1 Å². The van der Waals surface area contributed by atoms with Crippen molar-refractivity contribution in [2.45, 2.75) is 38.8 Å². The number of aliphatic hydroxyl groups excluding tert-OH is 1. The number of aliphatic hydroxyl groups is 1. The molecule has 19 heavy (non-hydrogen) atoms. The largest absolute Gasteiger partial charge is 0.396 e. The van der Waals surface area contributed by atoms with Gasteiger partial charge in [-0.3, -0.25) is 4.68 Å². The molecule has 0 aliphatic carbocycles. The Hall–Kier alpha value is -1.81. The van der Waals surface area contributed by atoms with E-state index >= 15 is 0 Å². The molecule has 102 valence electrons. The van der Waals surface area contributed by atoms with Gasteiger partial charge >= 0.3 is 0 Å². The van der Waals surface area contributed by atoms with Crippen LogP contribution in [0.2, 0.25) is 0 Å². The Morgan fingerprint density at radius 2 is 2.05 bits per heavy atom. The van der Waals surface area contributed by atoms with E-state index in [0.29, 0.717) is 12.2 Å². The van der Waals surface area contributed by atoms with Crippen LogP contribution in [0.5, 0.6) is 0 Å². The summed E-state index contributed by atoms with van der Waals surface area (Å²) in [6.07, 6.45) is 6.25. The number of rotatable bonds is 6. The van der Waals surface area contributed by atoms with Crippen molar-refractivity contribution in [1.82, 2.24) is 9.78 Å². The molecule has 4 nitrogen and oxygen atoms in total. The molecule has 1 aromatic carbocycles. The Bertz CT molecular complexity index is 504. The predicted octanol–water partition coefficient (Wildman–Crippen LogP) is 2.54. The van der Waals surface area contributed by atoms with Gasteiger partial charge in [-0.05, 0) is 24.0 Å². The molecule has 0 aliphatic heterocycles. The third kappa shape index (κ3) is 3.83. The quantitative estimate of drug-likeness (QED) is 0.838. The van der Waals surface area contributed by atoms with Gasteiger partial charge in [-0.1, -0.05) is 37.6 Å². The third-order valence-electron chi connectivity index (χ3n) is 3.20. The van der Waals surface area contributed by atoms with Crippen molar-refractivity contribution in [3.8, 4) is 0 Å². The fourth-order valence-electron chi connectivity index (χ4n) is 2.05. The summed E-state index contributed by atoms with van der Waals surface area (Å²) in [5.74, 6) is 0. The fourth-order valence-corrected chi connectivity index (χ4v) is 2.05. The molecule has 0 aliphatic rings. The molecule has 0 saturated heterocycles. The van der Waals surface area contributed by atoms with E-state index < -0.39 is 6.10 Å². The van der Waals surface area contributed by atoms with Crippen LogP contribution < -0.4 is 5.73 Å². The molecule has 1 unspecified atom stereocenters. The molecule has 0 fully saturated rings. The molecule has 0 saturated carbocycles. The van der Waals surface area contributed by atoms with E-state index in [1.807, 2.05) is 12.1 Å². The minimum atomic E-state index is -0.556. The number of benzene rings is 1. The lowest BCUT2D eigenvalue weighted by Gasteiger charge is -2.11. The van der Waals surface area contributed by atoms with E-state index in [4.69, 9.17) is 5.73 Å². The SMILES string of the molecule is CCCCc1ccc(C(O)Cn2cc(N)cn2)cc1. The first-order chi connectivity index (χ1) is 9.19. The van der Waals surface area contributed by atoms with E-state index in [-0.39, 0.29) is 0 Å². The number of nitrogens with two attached hydrogens (primary N) is 1. The van der Waals surface area contributed by atoms with Crippen LogP contribution in [-0.2, 0) is 13.0 Å². The zero-order valence-corrected chi connectivity index (χ0v) is 11.3. The highest BCUT2D eigenvalue weighted by molar-refractivity contribution is 5.30. The first-order valence-electron chi connectivity index (χ1n) is 6.74. The zero-order valence-electron chi connectivity index (χ0n) is 11.3. The van der Waals surface area contributed by atoms with Crippen LogP contribution in [0.4, 0.5) is 5.69 Å². The summed E-state index contributed by atoms with van der Waals surface area (Å²) in [6, 6.07) is 8.16. The molecule has 0 amide bonds. The van der Waals surface area contributed by atoms with Crippen LogP contribution in [0, 0.1) is 0 Å². The predicted molar refractivity (Wildman–Crippen MR) is 76.7 cm³/mol. The monoisotopic (exact) mass is 259 g/mol. The van der Waals surface area contributed by atoms with Crippen LogP contribution in [0.15, 0.2) is 36.7 Å². The van der Waals surface area contributed by atoms with Gasteiger partial charge in [0, 0.05) is 6.20 Å². The van der Waals surface area contributed by atoms with E-state index in [1.165, 1.54) is 18.4 Å². The maximum absolute atomic E-state index is 10.1. The summed E-state index contributed by atoms with van der Waals surface area (Å²) in [4.78, 5) is 0. The molecule has 0 bridgehead atoms. The summed E-state index contributed by atoms with van der Waals surface area (Å²) in [7, 11) is 0. The van der Waals surface area contributed by atoms with Crippen LogP contribution >= 0.6 is 0 Å². The van der Waals surface area contributed by atoms with Gasteiger partial charge in [0.25, 0.3) is 0 Å². The second kappa shape index (κ2) is 6.38. The first kappa shape index (κ1) is 13.6. The second-order valence-electron chi connectivity index (χ2n) is 4.86. The molecule has 4 heteroatoms. The van der Waals surface area contributed by atoms with Crippen LogP contribution in [-0.4, -0.2) is 14.9 Å². The molecule has 0 radical (unpaired) electrons. The van der Waals surface area contributed by atoms with E-state index in [9.17, 15) is 5.11 Å². The molecular formula is C15H21N3O. The molecule has 3 N–H and O–H groups in total. The average molecular weight is 259 g/mol. The summed E-state index contributed by atoms with van der Waals surface area (Å²) < 4.78 is 1.66. The first-order valence-corrected chi connectivity index (χ1v) is 6.74. The molecule has 1 heterocycles. The Kier molecular flexibility index (Phi) is 4.58. The lowest BCUT2D eigenvalue weighted by molar-refractivity contribution is 0.151. The van der Waals surface area contributed by atoms with Crippen molar-refractivity contribution < 1.29 is 5.11 Å². The summed E-state index contributed by atoms with van der Waals surface area (Å²) >= 11 is 0. The Balaban J connectivity index is 1.97. The van der Waals surface area contributed by atoms with Crippen molar-refractivity contribution in [2.24, 2.45) is 0 Å². The third-order valence-corrected chi connectivity index (χ3v) is 3.20. The molecule has 2 aromatic rings. The number of aromatic nitrogens is 2. The zero-order chi connectivity index (χ0) is 13.7. The number of unbranched alkanes of at least 4 members (excludes halogenated alkanes) is 1. The van der Waals surface area contributed by atoms with Crippen molar-refractivity contribution in [2.75, 3.05) is 5.73 Å². The van der Waals surface area contributed by atoms with E-state index in [1.54, 1.807) is 17.1 Å². The second-order valence-corrected chi connectivity index (χ2v) is 4.86. The molecular weight excluding hydrogens is 238 g/mol. The highest BCUT2D eigenvalue weighted by Gasteiger charge is 2.09. The highest BCUT2D eigenvalue weighted by Crippen LogP contribution is 2.17. The van der Waals surface area contributed by atoms with Crippen molar-refractivity contribution in [1.29, 1.82) is 0 Å². The maximum atomic E-state index is 10.1. The standard InChI is InChI=1S/C15H21N3O/c1-2-3-4-12-5-7-13(8-6-12)15(19)11-18-10-14(16)9-17-18/h5-10,15,19H,2-4,11,16H2,1H3. The smallest absolute Gasteiger partial charge is 0.0985 e. The Morgan fingerprint density at radius 1 is 1.32 bits per heavy atom. The van der Waals surface area contributed by atoms with E-state index in [2.05, 4.69) is 24.2 Å². The number of nitrogens with zero attached hydrogens (tertiary/aromatic N) is 2. The number of hydrogen-bond acceptors (Lipinski definition) is 3. The molecule has 1 aromatic heterocycles. The molecule has 2 rings (SSSR count). The lowest BCUT2D eigenvalue weighted by Crippen LogP contribution is -2.09. The lowest BCUT2D eigenvalue weighted by atomic mass is 10.0. The van der Waals surface area contributed by atoms with Crippen LogP contribution in [0.3, 0.4) is 0 Å². The summed E-state index contributed by atoms with van der Waals surface area (Å²) in [6.45, 7) is 2.61. The van der Waals surface area contributed by atoms with Gasteiger partial charge in [-0.25, -0.2) is 0 Å². The van der Waals surface area contributed by atoms with Crippen molar-refractivity contribution in [3.05, 3.63) is 47.8 Å². The molecule has 1 atom stereocenters. The Labute approximate surface area is 113 Å². The summed E-state index contributed by atoms with van der Waals surface area (Å²) in [5.41, 5.74) is 8.44. The number of nitrogen functional groups attached to an aromatic ring is 1. The maximum Gasteiger partial charge on any atom is 0.0985 e. The molecule has 0 spiro atoms. The normalized spacial score (nSPS) is 12.5. The van der Waals surface area contributed by atoms with E-state index in [0.717, 1.165) is 12.0 Å². The summed E-state index contributed by atoms with van der Waals surface area (Å²) in [5, 5.41) is 14.2. The van der Waals surface area contributed by atoms with Crippen LogP contribution in [0.25, 0.3) is 0 Å². The average Bonchev–Trinajstić information content (AvgIpc) is 2.82. The fraction of sp³-hybridized carbons (Fsp3) is 0.400.